The molecular formula is C9H17NO2S2. The molecule has 1 saturated carbocycles. The van der Waals surface area contributed by atoms with Crippen LogP contribution in [-0.4, -0.2) is 24.0 Å². The first-order valence-electron chi connectivity index (χ1n) is 4.85. The van der Waals surface area contributed by atoms with Crippen LogP contribution in [0.4, 0.5) is 4.79 Å². The Labute approximate surface area is 94.2 Å². The van der Waals surface area contributed by atoms with Crippen LogP contribution in [0.25, 0.3) is 0 Å². The summed E-state index contributed by atoms with van der Waals surface area (Å²) in [6.07, 6.45) is 2.21. The van der Waals surface area contributed by atoms with Crippen LogP contribution < -0.4 is 5.32 Å². The molecule has 0 aliphatic heterocycles. The molecule has 1 aliphatic carbocycles. The van der Waals surface area contributed by atoms with E-state index in [0.717, 1.165) is 30.2 Å². The van der Waals surface area contributed by atoms with Crippen molar-refractivity contribution in [1.82, 2.24) is 5.32 Å². The zero-order valence-electron chi connectivity index (χ0n) is 8.53. The van der Waals surface area contributed by atoms with E-state index < -0.39 is 0 Å². The fraction of sp³-hybridized carbons (Fsp3) is 0.889. The molecule has 0 spiro atoms. The molecule has 0 aromatic carbocycles. The Balaban J connectivity index is 2.03. The van der Waals surface area contributed by atoms with E-state index in [-0.39, 0.29) is 5.24 Å². The lowest BCUT2D eigenvalue weighted by molar-refractivity contribution is -0.0247. The largest absolute Gasteiger partial charge is 0.378 e. The minimum absolute atomic E-state index is 0.0688. The standard InChI is InChI=1S/C9H17NO2S2/c1-6(2)5-12-8-3-7(4-8)10-9(11)14-13/h6-8,13H,3-5H2,1-2H3,(H,10,11). The van der Waals surface area contributed by atoms with Gasteiger partial charge in [0.1, 0.15) is 0 Å². The summed E-state index contributed by atoms with van der Waals surface area (Å²) in [5.74, 6) is 0.580. The van der Waals surface area contributed by atoms with Gasteiger partial charge in [0.25, 0.3) is 5.24 Å². The number of nitrogens with one attached hydrogen (secondary N) is 1. The van der Waals surface area contributed by atoms with Gasteiger partial charge in [0.15, 0.2) is 0 Å². The van der Waals surface area contributed by atoms with Gasteiger partial charge in [-0.2, -0.15) is 0 Å². The van der Waals surface area contributed by atoms with Crippen molar-refractivity contribution in [1.29, 1.82) is 0 Å². The van der Waals surface area contributed by atoms with Crippen LogP contribution in [0.3, 0.4) is 0 Å². The highest BCUT2D eigenvalue weighted by Gasteiger charge is 2.30. The summed E-state index contributed by atoms with van der Waals surface area (Å²) in [6.45, 7) is 5.08. The first kappa shape index (κ1) is 12.2. The molecule has 0 heterocycles. The lowest BCUT2D eigenvalue weighted by Crippen LogP contribution is -2.46. The number of thiol groups is 1. The highest BCUT2D eigenvalue weighted by molar-refractivity contribution is 8.74. The Morgan fingerprint density at radius 3 is 2.79 bits per heavy atom. The molecule has 0 radical (unpaired) electrons. The van der Waals surface area contributed by atoms with Crippen LogP contribution in [0.1, 0.15) is 26.7 Å². The van der Waals surface area contributed by atoms with Crippen LogP contribution in [0.5, 0.6) is 0 Å². The Hall–Kier alpha value is 0.130. The van der Waals surface area contributed by atoms with Crippen LogP contribution >= 0.6 is 22.5 Å². The SMILES string of the molecule is CC(C)COC1CC(NC(=O)SS)C1. The number of ether oxygens (including phenoxy) is 1. The Morgan fingerprint density at radius 1 is 1.64 bits per heavy atom. The van der Waals surface area contributed by atoms with E-state index >= 15 is 0 Å². The summed E-state index contributed by atoms with van der Waals surface area (Å²) in [7, 11) is 0.925. The second-order valence-electron chi connectivity index (χ2n) is 4.04. The van der Waals surface area contributed by atoms with E-state index in [1.54, 1.807) is 0 Å². The van der Waals surface area contributed by atoms with Gasteiger partial charge in [0, 0.05) is 23.4 Å². The van der Waals surface area contributed by atoms with Crippen molar-refractivity contribution in [2.45, 2.75) is 38.8 Å². The summed E-state index contributed by atoms with van der Waals surface area (Å²) >= 11 is 3.82. The first-order valence-corrected chi connectivity index (χ1v) is 6.72. The molecule has 5 heteroatoms. The van der Waals surface area contributed by atoms with Crippen molar-refractivity contribution in [3.8, 4) is 0 Å². The van der Waals surface area contributed by atoms with Gasteiger partial charge >= 0.3 is 0 Å². The molecule has 0 unspecified atom stereocenters. The number of hydrogen-bond donors (Lipinski definition) is 2. The van der Waals surface area contributed by atoms with E-state index in [1.807, 2.05) is 0 Å². The van der Waals surface area contributed by atoms with E-state index in [0.29, 0.717) is 18.1 Å². The van der Waals surface area contributed by atoms with Crippen molar-refractivity contribution in [3.05, 3.63) is 0 Å². The highest BCUT2D eigenvalue weighted by Crippen LogP contribution is 2.24. The molecule has 0 aromatic rings. The molecular weight excluding hydrogens is 218 g/mol. The average molecular weight is 235 g/mol. The summed E-state index contributed by atoms with van der Waals surface area (Å²) in [5.41, 5.74) is 0. The molecule has 1 aliphatic rings. The normalized spacial score (nSPS) is 26.0. The second-order valence-corrected chi connectivity index (χ2v) is 5.14. The summed E-state index contributed by atoms with van der Waals surface area (Å²) in [5, 5.41) is 2.78. The molecule has 1 amide bonds. The lowest BCUT2D eigenvalue weighted by Gasteiger charge is -2.35. The maximum Gasteiger partial charge on any atom is 0.289 e. The van der Waals surface area contributed by atoms with Crippen molar-refractivity contribution in [2.24, 2.45) is 5.92 Å². The Morgan fingerprint density at radius 2 is 2.29 bits per heavy atom. The topological polar surface area (TPSA) is 38.3 Å². The van der Waals surface area contributed by atoms with E-state index in [9.17, 15) is 4.79 Å². The van der Waals surface area contributed by atoms with Gasteiger partial charge < -0.3 is 10.1 Å². The number of rotatable bonds is 4. The maximum atomic E-state index is 10.9. The van der Waals surface area contributed by atoms with E-state index in [2.05, 4.69) is 30.8 Å². The minimum atomic E-state index is -0.0688. The third kappa shape index (κ3) is 4.11. The quantitative estimate of drug-likeness (QED) is 0.581. The molecule has 0 atom stereocenters. The predicted molar refractivity (Wildman–Crippen MR) is 62.7 cm³/mol. The Kier molecular flexibility index (Phi) is 5.12. The highest BCUT2D eigenvalue weighted by atomic mass is 33.1. The number of amides is 1. The van der Waals surface area contributed by atoms with Gasteiger partial charge in [-0.15, -0.1) is 11.7 Å². The smallest absolute Gasteiger partial charge is 0.289 e. The van der Waals surface area contributed by atoms with Gasteiger partial charge in [-0.1, -0.05) is 13.8 Å². The summed E-state index contributed by atoms with van der Waals surface area (Å²) < 4.78 is 5.61. The summed E-state index contributed by atoms with van der Waals surface area (Å²) in [6, 6.07) is 0.291. The van der Waals surface area contributed by atoms with Gasteiger partial charge in [0.05, 0.1) is 6.10 Å². The molecule has 1 rings (SSSR count). The van der Waals surface area contributed by atoms with Crippen molar-refractivity contribution >= 4 is 27.7 Å². The van der Waals surface area contributed by atoms with Gasteiger partial charge in [-0.05, 0) is 18.8 Å². The maximum absolute atomic E-state index is 10.9. The third-order valence-electron chi connectivity index (χ3n) is 2.16. The molecule has 0 aromatic heterocycles. The van der Waals surface area contributed by atoms with Gasteiger partial charge in [-0.3, -0.25) is 4.79 Å². The molecule has 0 saturated heterocycles. The fourth-order valence-corrected chi connectivity index (χ4v) is 1.72. The Bertz CT molecular complexity index is 193. The lowest BCUT2D eigenvalue weighted by atomic mass is 9.89. The molecule has 3 nitrogen and oxygen atoms in total. The van der Waals surface area contributed by atoms with Gasteiger partial charge in [0.2, 0.25) is 0 Å². The molecule has 1 N–H and O–H groups in total. The predicted octanol–water partition coefficient (Wildman–Crippen LogP) is 2.48. The van der Waals surface area contributed by atoms with Crippen LogP contribution in [0, 0.1) is 5.92 Å². The summed E-state index contributed by atoms with van der Waals surface area (Å²) in [4.78, 5) is 10.9. The fourth-order valence-electron chi connectivity index (χ4n) is 1.34. The number of hydrogen-bond acceptors (Lipinski definition) is 4. The van der Waals surface area contributed by atoms with Crippen molar-refractivity contribution in [2.75, 3.05) is 6.61 Å². The number of carbonyl (C=O) groups is 1. The van der Waals surface area contributed by atoms with Crippen LogP contribution in [0.15, 0.2) is 0 Å². The zero-order valence-corrected chi connectivity index (χ0v) is 10.2. The van der Waals surface area contributed by atoms with Gasteiger partial charge in [-0.25, -0.2) is 0 Å². The van der Waals surface area contributed by atoms with Crippen LogP contribution in [-0.2, 0) is 4.74 Å². The zero-order chi connectivity index (χ0) is 10.6. The third-order valence-corrected chi connectivity index (χ3v) is 2.95. The second kappa shape index (κ2) is 5.88. The minimum Gasteiger partial charge on any atom is -0.378 e. The molecule has 0 bridgehead atoms. The van der Waals surface area contributed by atoms with E-state index in [4.69, 9.17) is 4.74 Å². The molecule has 1 fully saturated rings. The molecule has 14 heavy (non-hydrogen) atoms. The first-order chi connectivity index (χ1) is 6.61. The van der Waals surface area contributed by atoms with Crippen LogP contribution in [0.2, 0.25) is 0 Å². The molecule has 82 valence electrons. The van der Waals surface area contributed by atoms with E-state index in [1.165, 1.54) is 0 Å². The number of carbonyl (C=O) groups excluding carboxylic acids is 1. The average Bonchev–Trinajstić information content (AvgIpc) is 2.07. The van der Waals surface area contributed by atoms with Crippen molar-refractivity contribution in [3.63, 3.8) is 0 Å². The monoisotopic (exact) mass is 235 g/mol. The van der Waals surface area contributed by atoms with Crippen molar-refractivity contribution < 1.29 is 9.53 Å².